The average Bonchev–Trinajstić information content (AvgIpc) is 2.50. The van der Waals surface area contributed by atoms with Gasteiger partial charge in [-0.1, -0.05) is 29.3 Å². The van der Waals surface area contributed by atoms with E-state index in [1.54, 1.807) is 24.3 Å². The Bertz CT molecular complexity index is 737. The number of halogens is 1. The van der Waals surface area contributed by atoms with Gasteiger partial charge in [-0.3, -0.25) is 10.1 Å². The van der Waals surface area contributed by atoms with Crippen LogP contribution in [0.2, 0.25) is 5.02 Å². The minimum absolute atomic E-state index is 0.130. The van der Waals surface area contributed by atoms with Crippen LogP contribution in [0.3, 0.4) is 0 Å². The third-order valence-electron chi connectivity index (χ3n) is 3.35. The molecule has 2 rings (SSSR count). The van der Waals surface area contributed by atoms with Gasteiger partial charge in [0.1, 0.15) is 5.75 Å². The van der Waals surface area contributed by atoms with Crippen LogP contribution < -0.4 is 15.4 Å². The minimum Gasteiger partial charge on any atom is -0.484 e. The predicted molar refractivity (Wildman–Crippen MR) is 102 cm³/mol. The summed E-state index contributed by atoms with van der Waals surface area (Å²) in [6.07, 6.45) is 0. The summed E-state index contributed by atoms with van der Waals surface area (Å²) < 4.78 is 5.38. The molecule has 2 aromatic carbocycles. The average molecular weight is 363 g/mol. The van der Waals surface area contributed by atoms with Gasteiger partial charge in [0, 0.05) is 10.7 Å². The highest BCUT2D eigenvalue weighted by atomic mass is 35.5. The standard InChI is InChI=1S/C18H19ClN2O2S/c1-11-8-12(2)17(13(3)9-11)21-18(24)20-16(22)10-23-15-6-4-14(19)5-7-15/h4-9H,10H2,1-3H3,(H2,20,21,22,24). The van der Waals surface area contributed by atoms with E-state index in [2.05, 4.69) is 22.8 Å². The van der Waals surface area contributed by atoms with Crippen LogP contribution >= 0.6 is 23.8 Å². The number of benzene rings is 2. The molecule has 0 saturated carbocycles. The fourth-order valence-electron chi connectivity index (χ4n) is 2.36. The second-order valence-electron chi connectivity index (χ2n) is 5.52. The Kier molecular flexibility index (Phi) is 6.17. The van der Waals surface area contributed by atoms with E-state index in [4.69, 9.17) is 28.6 Å². The molecule has 0 aliphatic carbocycles. The highest BCUT2D eigenvalue weighted by molar-refractivity contribution is 7.80. The van der Waals surface area contributed by atoms with Crippen LogP contribution in [0, 0.1) is 20.8 Å². The topological polar surface area (TPSA) is 50.4 Å². The molecule has 6 heteroatoms. The largest absolute Gasteiger partial charge is 0.484 e. The van der Waals surface area contributed by atoms with Gasteiger partial charge in [0.25, 0.3) is 5.91 Å². The monoisotopic (exact) mass is 362 g/mol. The second-order valence-corrected chi connectivity index (χ2v) is 6.36. The maximum atomic E-state index is 11.9. The predicted octanol–water partition coefficient (Wildman–Crippen LogP) is 4.16. The SMILES string of the molecule is Cc1cc(C)c(NC(=S)NC(=O)COc2ccc(Cl)cc2)c(C)c1. The molecule has 2 aromatic rings. The van der Waals surface area contributed by atoms with Gasteiger partial charge in [-0.15, -0.1) is 0 Å². The highest BCUT2D eigenvalue weighted by Crippen LogP contribution is 2.21. The molecule has 126 valence electrons. The third-order valence-corrected chi connectivity index (χ3v) is 3.81. The minimum atomic E-state index is -0.329. The van der Waals surface area contributed by atoms with E-state index < -0.39 is 0 Å². The van der Waals surface area contributed by atoms with Crippen LogP contribution in [-0.4, -0.2) is 17.6 Å². The lowest BCUT2D eigenvalue weighted by atomic mass is 10.1. The van der Waals surface area contributed by atoms with Crippen LogP contribution in [0.15, 0.2) is 36.4 Å². The molecule has 0 saturated heterocycles. The Morgan fingerprint density at radius 3 is 2.29 bits per heavy atom. The highest BCUT2D eigenvalue weighted by Gasteiger charge is 2.09. The third kappa shape index (κ3) is 5.22. The van der Waals surface area contributed by atoms with Gasteiger partial charge in [-0.05, 0) is 68.4 Å². The summed E-state index contributed by atoms with van der Waals surface area (Å²) in [5.41, 5.74) is 4.23. The molecule has 0 aliphatic heterocycles. The van der Waals surface area contributed by atoms with Crippen molar-refractivity contribution in [3.8, 4) is 5.75 Å². The Labute approximate surface area is 152 Å². The van der Waals surface area contributed by atoms with Crippen molar-refractivity contribution < 1.29 is 9.53 Å². The molecule has 24 heavy (non-hydrogen) atoms. The van der Waals surface area contributed by atoms with Crippen molar-refractivity contribution in [2.75, 3.05) is 11.9 Å². The smallest absolute Gasteiger partial charge is 0.264 e. The number of rotatable bonds is 4. The van der Waals surface area contributed by atoms with E-state index >= 15 is 0 Å². The summed E-state index contributed by atoms with van der Waals surface area (Å²) in [4.78, 5) is 11.9. The van der Waals surface area contributed by atoms with Gasteiger partial charge in [0.05, 0.1) is 0 Å². The number of amides is 1. The van der Waals surface area contributed by atoms with Gasteiger partial charge in [-0.25, -0.2) is 0 Å². The lowest BCUT2D eigenvalue weighted by Gasteiger charge is -2.15. The Balaban J connectivity index is 1.88. The van der Waals surface area contributed by atoms with Gasteiger partial charge in [-0.2, -0.15) is 0 Å². The summed E-state index contributed by atoms with van der Waals surface area (Å²) in [5, 5.41) is 6.54. The molecule has 0 heterocycles. The molecule has 1 amide bonds. The van der Waals surface area contributed by atoms with Gasteiger partial charge < -0.3 is 10.1 Å². The van der Waals surface area contributed by atoms with Crippen molar-refractivity contribution in [1.82, 2.24) is 5.32 Å². The second kappa shape index (κ2) is 8.13. The van der Waals surface area contributed by atoms with Gasteiger partial charge >= 0.3 is 0 Å². The van der Waals surface area contributed by atoms with Crippen molar-refractivity contribution in [2.24, 2.45) is 0 Å². The maximum absolute atomic E-state index is 11.9. The van der Waals surface area contributed by atoms with Crippen LogP contribution in [0.1, 0.15) is 16.7 Å². The molecular weight excluding hydrogens is 344 g/mol. The summed E-state index contributed by atoms with van der Waals surface area (Å²) >= 11 is 11.0. The summed E-state index contributed by atoms with van der Waals surface area (Å²) in [6.45, 7) is 5.90. The number of ether oxygens (including phenoxy) is 1. The molecule has 4 nitrogen and oxygen atoms in total. The number of thiocarbonyl (C=S) groups is 1. The van der Waals surface area contributed by atoms with E-state index in [0.717, 1.165) is 16.8 Å². The molecule has 0 fully saturated rings. The number of nitrogens with one attached hydrogen (secondary N) is 2. The summed E-state index contributed by atoms with van der Waals surface area (Å²) in [7, 11) is 0. The molecule has 0 bridgehead atoms. The zero-order valence-corrected chi connectivity index (χ0v) is 15.3. The van der Waals surface area contributed by atoms with E-state index in [0.29, 0.717) is 10.8 Å². The Morgan fingerprint density at radius 1 is 1.12 bits per heavy atom. The fourth-order valence-corrected chi connectivity index (χ4v) is 2.71. The number of hydrogen-bond acceptors (Lipinski definition) is 3. The van der Waals surface area contributed by atoms with Gasteiger partial charge in [0.2, 0.25) is 0 Å². The lowest BCUT2D eigenvalue weighted by molar-refractivity contribution is -0.121. The van der Waals surface area contributed by atoms with Crippen molar-refractivity contribution in [3.63, 3.8) is 0 Å². The first-order valence-electron chi connectivity index (χ1n) is 7.42. The fraction of sp³-hybridized carbons (Fsp3) is 0.222. The van der Waals surface area contributed by atoms with Crippen LogP contribution in [-0.2, 0) is 4.79 Å². The van der Waals surface area contributed by atoms with Crippen molar-refractivity contribution in [2.45, 2.75) is 20.8 Å². The van der Waals surface area contributed by atoms with Crippen molar-refractivity contribution in [3.05, 3.63) is 58.1 Å². The number of carbonyl (C=O) groups is 1. The first-order chi connectivity index (χ1) is 11.3. The van der Waals surface area contributed by atoms with Crippen LogP contribution in [0.5, 0.6) is 5.75 Å². The van der Waals surface area contributed by atoms with E-state index in [-0.39, 0.29) is 17.6 Å². The van der Waals surface area contributed by atoms with Crippen molar-refractivity contribution in [1.29, 1.82) is 0 Å². The molecular formula is C18H19ClN2O2S. The zero-order chi connectivity index (χ0) is 17.7. The molecule has 0 aliphatic rings. The molecule has 0 unspecified atom stereocenters. The first kappa shape index (κ1) is 18.2. The van der Waals surface area contributed by atoms with Crippen LogP contribution in [0.25, 0.3) is 0 Å². The molecule has 0 spiro atoms. The zero-order valence-electron chi connectivity index (χ0n) is 13.8. The van der Waals surface area contributed by atoms with E-state index in [1.807, 2.05) is 20.8 Å². The summed E-state index contributed by atoms with van der Waals surface area (Å²) in [6, 6.07) is 10.9. The van der Waals surface area contributed by atoms with Gasteiger partial charge in [0.15, 0.2) is 11.7 Å². The lowest BCUT2D eigenvalue weighted by Crippen LogP contribution is -2.37. The molecule has 2 N–H and O–H groups in total. The number of aryl methyl sites for hydroxylation is 3. The number of hydrogen-bond donors (Lipinski definition) is 2. The Hall–Kier alpha value is -2.11. The maximum Gasteiger partial charge on any atom is 0.264 e. The molecule has 0 aromatic heterocycles. The van der Waals surface area contributed by atoms with Crippen LogP contribution in [0.4, 0.5) is 5.69 Å². The number of anilines is 1. The molecule has 0 atom stereocenters. The first-order valence-corrected chi connectivity index (χ1v) is 8.21. The summed E-state index contributed by atoms with van der Waals surface area (Å²) in [5.74, 6) is 0.239. The molecule has 0 radical (unpaired) electrons. The Morgan fingerprint density at radius 2 is 1.71 bits per heavy atom. The van der Waals surface area contributed by atoms with E-state index in [9.17, 15) is 4.79 Å². The quantitative estimate of drug-likeness (QED) is 0.802. The normalized spacial score (nSPS) is 10.2. The number of carbonyl (C=O) groups excluding carboxylic acids is 1. The van der Waals surface area contributed by atoms with E-state index in [1.165, 1.54) is 5.56 Å². The van der Waals surface area contributed by atoms with Crippen molar-refractivity contribution >= 4 is 40.5 Å².